The maximum atomic E-state index is 5.81. The number of fused-ring (bicyclic) bond motifs is 1. The molecule has 1 aliphatic carbocycles. The molecule has 4 nitrogen and oxygen atoms in total. The molecule has 5 heteroatoms. The molecule has 2 unspecified atom stereocenters. The highest BCUT2D eigenvalue weighted by Crippen LogP contribution is 2.47. The van der Waals surface area contributed by atoms with Gasteiger partial charge in [-0.2, -0.15) is 0 Å². The molecule has 1 fully saturated rings. The maximum Gasteiger partial charge on any atom is 0.180 e. The summed E-state index contributed by atoms with van der Waals surface area (Å²) in [5, 5.41) is 0.729. The van der Waals surface area contributed by atoms with Crippen LogP contribution in [0.3, 0.4) is 0 Å². The van der Waals surface area contributed by atoms with Crippen molar-refractivity contribution in [1.29, 1.82) is 0 Å². The van der Waals surface area contributed by atoms with Crippen molar-refractivity contribution in [3.8, 4) is 0 Å². The Labute approximate surface area is 129 Å². The minimum absolute atomic E-state index is 0.727. The molecule has 2 aliphatic rings. The minimum atomic E-state index is 0.727. The van der Waals surface area contributed by atoms with Gasteiger partial charge in [-0.1, -0.05) is 6.07 Å². The standard InChI is InChI=1S/C16H20N4S/c17-16-19-14-3-6-20(7-4-15(14)21-16)10-12-8-13(12)11-2-1-5-18-9-11/h1-2,5,9,12-13H,3-4,6-8,10H2,(H2,17,19). The van der Waals surface area contributed by atoms with Crippen LogP contribution in [-0.2, 0) is 12.8 Å². The largest absolute Gasteiger partial charge is 0.375 e. The molecule has 0 saturated heterocycles. The van der Waals surface area contributed by atoms with Crippen LogP contribution < -0.4 is 5.73 Å². The fourth-order valence-corrected chi connectivity index (χ4v) is 4.26. The van der Waals surface area contributed by atoms with Crippen LogP contribution in [0.5, 0.6) is 0 Å². The molecule has 2 aromatic heterocycles. The first-order valence-corrected chi connectivity index (χ1v) is 8.47. The molecule has 2 aromatic rings. The molecule has 1 aliphatic heterocycles. The molecule has 0 spiro atoms. The van der Waals surface area contributed by atoms with Gasteiger partial charge in [0.25, 0.3) is 0 Å². The Kier molecular flexibility index (Phi) is 3.39. The number of rotatable bonds is 3. The van der Waals surface area contributed by atoms with Gasteiger partial charge in [-0.3, -0.25) is 4.98 Å². The monoisotopic (exact) mass is 300 g/mol. The van der Waals surface area contributed by atoms with Crippen molar-refractivity contribution in [1.82, 2.24) is 14.9 Å². The SMILES string of the molecule is Nc1nc2c(s1)CCN(CC1CC1c1cccnc1)CC2. The second-order valence-electron chi connectivity index (χ2n) is 6.11. The summed E-state index contributed by atoms with van der Waals surface area (Å²) in [5.74, 6) is 1.54. The first kappa shape index (κ1) is 13.2. The Morgan fingerprint density at radius 1 is 1.33 bits per heavy atom. The van der Waals surface area contributed by atoms with E-state index in [1.807, 2.05) is 18.5 Å². The van der Waals surface area contributed by atoms with E-state index in [1.54, 1.807) is 11.3 Å². The van der Waals surface area contributed by atoms with E-state index in [0.717, 1.165) is 42.9 Å². The highest BCUT2D eigenvalue weighted by Gasteiger charge is 2.39. The van der Waals surface area contributed by atoms with Crippen molar-refractivity contribution in [3.05, 3.63) is 40.7 Å². The summed E-state index contributed by atoms with van der Waals surface area (Å²) in [6.45, 7) is 3.47. The van der Waals surface area contributed by atoms with E-state index in [2.05, 4.69) is 20.9 Å². The van der Waals surface area contributed by atoms with Crippen molar-refractivity contribution in [2.45, 2.75) is 25.2 Å². The molecule has 0 radical (unpaired) electrons. The molecule has 0 bridgehead atoms. The Hall–Kier alpha value is -1.46. The van der Waals surface area contributed by atoms with Crippen molar-refractivity contribution >= 4 is 16.5 Å². The van der Waals surface area contributed by atoms with Crippen LogP contribution in [0.2, 0.25) is 0 Å². The molecule has 2 atom stereocenters. The Bertz CT molecular complexity index is 599. The first-order valence-electron chi connectivity index (χ1n) is 7.66. The van der Waals surface area contributed by atoms with Crippen LogP contribution in [0.25, 0.3) is 0 Å². The lowest BCUT2D eigenvalue weighted by molar-refractivity contribution is 0.274. The van der Waals surface area contributed by atoms with Crippen molar-refractivity contribution in [2.24, 2.45) is 5.92 Å². The molecule has 0 aromatic carbocycles. The van der Waals surface area contributed by atoms with Gasteiger partial charge in [-0.15, -0.1) is 11.3 Å². The summed E-state index contributed by atoms with van der Waals surface area (Å²) in [7, 11) is 0. The van der Waals surface area contributed by atoms with Gasteiger partial charge >= 0.3 is 0 Å². The Morgan fingerprint density at radius 3 is 3.10 bits per heavy atom. The molecule has 2 N–H and O–H groups in total. The average Bonchev–Trinajstić information content (AvgIpc) is 3.21. The third kappa shape index (κ3) is 2.80. The van der Waals surface area contributed by atoms with Gasteiger partial charge in [0.2, 0.25) is 0 Å². The summed E-state index contributed by atoms with van der Waals surface area (Å²) < 4.78 is 0. The highest BCUT2D eigenvalue weighted by atomic mass is 32.1. The van der Waals surface area contributed by atoms with Crippen LogP contribution >= 0.6 is 11.3 Å². The number of aromatic nitrogens is 2. The summed E-state index contributed by atoms with van der Waals surface area (Å²) in [6.07, 6.45) is 7.35. The zero-order chi connectivity index (χ0) is 14.2. The zero-order valence-electron chi connectivity index (χ0n) is 12.0. The predicted octanol–water partition coefficient (Wildman–Crippen LogP) is 2.32. The van der Waals surface area contributed by atoms with E-state index in [9.17, 15) is 0 Å². The predicted molar refractivity (Wildman–Crippen MR) is 85.5 cm³/mol. The van der Waals surface area contributed by atoms with E-state index >= 15 is 0 Å². The van der Waals surface area contributed by atoms with E-state index in [0.29, 0.717) is 0 Å². The number of nitrogens with two attached hydrogens (primary N) is 1. The second-order valence-corrected chi connectivity index (χ2v) is 7.23. The summed E-state index contributed by atoms with van der Waals surface area (Å²) >= 11 is 1.67. The lowest BCUT2D eigenvalue weighted by atomic mass is 10.1. The highest BCUT2D eigenvalue weighted by molar-refractivity contribution is 7.15. The topological polar surface area (TPSA) is 55.0 Å². The fraction of sp³-hybridized carbons (Fsp3) is 0.500. The normalized spacial score (nSPS) is 25.3. The number of thiazole rings is 1. The Morgan fingerprint density at radius 2 is 2.24 bits per heavy atom. The summed E-state index contributed by atoms with van der Waals surface area (Å²) in [4.78, 5) is 12.7. The summed E-state index contributed by atoms with van der Waals surface area (Å²) in [6, 6.07) is 4.26. The second kappa shape index (κ2) is 5.39. The maximum absolute atomic E-state index is 5.81. The summed E-state index contributed by atoms with van der Waals surface area (Å²) in [5.41, 5.74) is 8.45. The fourth-order valence-electron chi connectivity index (χ4n) is 3.40. The number of hydrogen-bond acceptors (Lipinski definition) is 5. The quantitative estimate of drug-likeness (QED) is 0.945. The lowest BCUT2D eigenvalue weighted by Crippen LogP contribution is -2.29. The molecule has 3 heterocycles. The van der Waals surface area contributed by atoms with Crippen LogP contribution in [0.15, 0.2) is 24.5 Å². The molecule has 110 valence electrons. The van der Waals surface area contributed by atoms with E-state index in [-0.39, 0.29) is 0 Å². The first-order chi connectivity index (χ1) is 10.3. The van der Waals surface area contributed by atoms with Gasteiger partial charge in [0.1, 0.15) is 0 Å². The third-order valence-corrected chi connectivity index (χ3v) is 5.63. The number of hydrogen-bond donors (Lipinski definition) is 1. The van der Waals surface area contributed by atoms with Crippen molar-refractivity contribution in [3.63, 3.8) is 0 Å². The van der Waals surface area contributed by atoms with Crippen molar-refractivity contribution < 1.29 is 0 Å². The number of nitrogens with zero attached hydrogens (tertiary/aromatic N) is 3. The number of anilines is 1. The van der Waals surface area contributed by atoms with Gasteiger partial charge in [-0.25, -0.2) is 4.98 Å². The van der Waals surface area contributed by atoms with Gasteiger partial charge in [0.15, 0.2) is 5.13 Å². The van der Waals surface area contributed by atoms with Crippen molar-refractivity contribution in [2.75, 3.05) is 25.4 Å². The van der Waals surface area contributed by atoms with Crippen LogP contribution in [0.4, 0.5) is 5.13 Å². The van der Waals surface area contributed by atoms with E-state index in [4.69, 9.17) is 5.73 Å². The molecular formula is C16H20N4S. The average molecular weight is 300 g/mol. The van der Waals surface area contributed by atoms with E-state index in [1.165, 1.54) is 29.1 Å². The molecule has 1 saturated carbocycles. The smallest absolute Gasteiger partial charge is 0.180 e. The number of nitrogen functional groups attached to an aromatic ring is 1. The molecular weight excluding hydrogens is 280 g/mol. The third-order valence-electron chi connectivity index (χ3n) is 4.64. The van der Waals surface area contributed by atoms with Gasteiger partial charge in [0.05, 0.1) is 5.69 Å². The van der Waals surface area contributed by atoms with Crippen LogP contribution in [-0.4, -0.2) is 34.5 Å². The molecule has 0 amide bonds. The van der Waals surface area contributed by atoms with E-state index < -0.39 is 0 Å². The van der Waals surface area contributed by atoms with Crippen LogP contribution in [0.1, 0.15) is 28.5 Å². The van der Waals surface area contributed by atoms with Crippen LogP contribution in [0, 0.1) is 5.92 Å². The Balaban J connectivity index is 1.34. The molecule has 4 rings (SSSR count). The zero-order valence-corrected chi connectivity index (χ0v) is 12.9. The van der Waals surface area contributed by atoms with Gasteiger partial charge in [0, 0.05) is 43.3 Å². The van der Waals surface area contributed by atoms with Gasteiger partial charge < -0.3 is 10.6 Å². The lowest BCUT2D eigenvalue weighted by Gasteiger charge is -2.19. The minimum Gasteiger partial charge on any atom is -0.375 e. The van der Waals surface area contributed by atoms with Gasteiger partial charge in [-0.05, 0) is 36.3 Å². The molecule has 21 heavy (non-hydrogen) atoms. The number of pyridine rings is 1.